The molecular formula is C20H18F3N3OS. The number of carbonyl (C=O) groups excluding carboxylic acids is 1. The number of amides is 1. The number of benzene rings is 2. The highest BCUT2D eigenvalue weighted by Crippen LogP contribution is 2.32. The summed E-state index contributed by atoms with van der Waals surface area (Å²) in [7, 11) is 0. The van der Waals surface area contributed by atoms with E-state index in [9.17, 15) is 18.0 Å². The summed E-state index contributed by atoms with van der Waals surface area (Å²) in [6.45, 7) is 0. The van der Waals surface area contributed by atoms with Crippen molar-refractivity contribution in [2.45, 2.75) is 23.9 Å². The van der Waals surface area contributed by atoms with Gasteiger partial charge in [0.05, 0.1) is 23.3 Å². The molecular weight excluding hydrogens is 387 g/mol. The molecule has 0 aliphatic rings. The summed E-state index contributed by atoms with van der Waals surface area (Å²) in [6.07, 6.45) is -0.0148. The predicted molar refractivity (Wildman–Crippen MR) is 104 cm³/mol. The molecule has 0 spiro atoms. The summed E-state index contributed by atoms with van der Waals surface area (Å²) in [4.78, 5) is 12.6. The number of aryl methyl sites for hydroxylation is 1. The van der Waals surface area contributed by atoms with Crippen LogP contribution in [-0.2, 0) is 11.2 Å². The number of hydrogen-bond donors (Lipinski definition) is 1. The van der Waals surface area contributed by atoms with Crippen LogP contribution in [-0.4, -0.2) is 27.6 Å². The molecule has 0 saturated heterocycles. The molecule has 28 heavy (non-hydrogen) atoms. The van der Waals surface area contributed by atoms with Crippen LogP contribution < -0.4 is 5.32 Å². The maximum Gasteiger partial charge on any atom is 0.398 e. The lowest BCUT2D eigenvalue weighted by atomic mass is 10.2. The SMILES string of the molecule is O=C(CCc1cnn(-c2ccccc2)c1)Nc1ccccc1SCC(F)(F)F. The number of halogens is 3. The molecule has 0 radical (unpaired) electrons. The first kappa shape index (κ1) is 20.0. The zero-order valence-electron chi connectivity index (χ0n) is 14.8. The summed E-state index contributed by atoms with van der Waals surface area (Å²) in [5.41, 5.74) is 2.22. The van der Waals surface area contributed by atoms with Crippen molar-refractivity contribution in [1.82, 2.24) is 9.78 Å². The molecule has 1 aromatic heterocycles. The zero-order valence-corrected chi connectivity index (χ0v) is 15.6. The molecule has 0 unspecified atom stereocenters. The fourth-order valence-electron chi connectivity index (χ4n) is 2.54. The first-order chi connectivity index (χ1) is 13.4. The van der Waals surface area contributed by atoms with Gasteiger partial charge in [0.2, 0.25) is 5.91 Å². The second-order valence-corrected chi connectivity index (χ2v) is 7.09. The molecule has 0 aliphatic heterocycles. The Morgan fingerprint density at radius 1 is 1.07 bits per heavy atom. The van der Waals surface area contributed by atoms with Crippen molar-refractivity contribution in [1.29, 1.82) is 0 Å². The molecule has 1 N–H and O–H groups in total. The van der Waals surface area contributed by atoms with Gasteiger partial charge in [-0.1, -0.05) is 30.3 Å². The normalized spacial score (nSPS) is 11.4. The summed E-state index contributed by atoms with van der Waals surface area (Å²) >= 11 is 0.658. The van der Waals surface area contributed by atoms with Gasteiger partial charge in [0.25, 0.3) is 0 Å². The number of anilines is 1. The zero-order chi connectivity index (χ0) is 20.0. The van der Waals surface area contributed by atoms with E-state index >= 15 is 0 Å². The van der Waals surface area contributed by atoms with Crippen LogP contribution in [0.2, 0.25) is 0 Å². The Kier molecular flexibility index (Phi) is 6.41. The number of hydrogen-bond acceptors (Lipinski definition) is 3. The Morgan fingerprint density at radius 3 is 2.54 bits per heavy atom. The lowest BCUT2D eigenvalue weighted by Crippen LogP contribution is -2.14. The van der Waals surface area contributed by atoms with Gasteiger partial charge in [0.15, 0.2) is 0 Å². The Hall–Kier alpha value is -2.74. The molecule has 3 aromatic rings. The molecule has 3 rings (SSSR count). The van der Waals surface area contributed by atoms with Crippen LogP contribution in [0.3, 0.4) is 0 Å². The summed E-state index contributed by atoms with van der Waals surface area (Å²) < 4.78 is 39.1. The molecule has 1 amide bonds. The fourth-order valence-corrected chi connectivity index (χ4v) is 3.31. The number of aromatic nitrogens is 2. The van der Waals surface area contributed by atoms with Crippen LogP contribution in [0, 0.1) is 0 Å². The number of nitrogens with zero attached hydrogens (tertiary/aromatic N) is 2. The van der Waals surface area contributed by atoms with Crippen LogP contribution in [0.1, 0.15) is 12.0 Å². The van der Waals surface area contributed by atoms with Crippen LogP contribution in [0.25, 0.3) is 5.69 Å². The van der Waals surface area contributed by atoms with Crippen molar-refractivity contribution in [2.24, 2.45) is 0 Å². The van der Waals surface area contributed by atoms with E-state index in [1.165, 1.54) is 0 Å². The first-order valence-corrected chi connectivity index (χ1v) is 9.57. The van der Waals surface area contributed by atoms with Gasteiger partial charge in [-0.05, 0) is 36.2 Å². The van der Waals surface area contributed by atoms with E-state index in [0.29, 0.717) is 28.8 Å². The van der Waals surface area contributed by atoms with Crippen LogP contribution >= 0.6 is 11.8 Å². The fraction of sp³-hybridized carbons (Fsp3) is 0.200. The largest absolute Gasteiger partial charge is 0.398 e. The van der Waals surface area contributed by atoms with Gasteiger partial charge in [0.1, 0.15) is 0 Å². The van der Waals surface area contributed by atoms with E-state index in [1.807, 2.05) is 36.5 Å². The topological polar surface area (TPSA) is 46.9 Å². The molecule has 4 nitrogen and oxygen atoms in total. The van der Waals surface area contributed by atoms with Gasteiger partial charge < -0.3 is 5.32 Å². The molecule has 0 fully saturated rings. The molecule has 8 heteroatoms. The molecule has 1 heterocycles. The van der Waals surface area contributed by atoms with Gasteiger partial charge >= 0.3 is 6.18 Å². The highest BCUT2D eigenvalue weighted by Gasteiger charge is 2.27. The number of thioether (sulfide) groups is 1. The number of nitrogens with one attached hydrogen (secondary N) is 1. The smallest absolute Gasteiger partial charge is 0.325 e. The third kappa shape index (κ3) is 5.88. The van der Waals surface area contributed by atoms with Crippen LogP contribution in [0.15, 0.2) is 71.9 Å². The lowest BCUT2D eigenvalue weighted by Gasteiger charge is -2.11. The highest BCUT2D eigenvalue weighted by molar-refractivity contribution is 7.99. The minimum absolute atomic E-state index is 0.207. The van der Waals surface area contributed by atoms with E-state index in [0.717, 1.165) is 11.3 Å². The highest BCUT2D eigenvalue weighted by atomic mass is 32.2. The van der Waals surface area contributed by atoms with Crippen molar-refractivity contribution < 1.29 is 18.0 Å². The van der Waals surface area contributed by atoms with Crippen molar-refractivity contribution in [3.8, 4) is 5.69 Å². The molecule has 146 valence electrons. The van der Waals surface area contributed by atoms with Crippen LogP contribution in [0.4, 0.5) is 18.9 Å². The lowest BCUT2D eigenvalue weighted by molar-refractivity contribution is -0.116. The molecule has 0 bridgehead atoms. The summed E-state index contributed by atoms with van der Waals surface area (Å²) in [6, 6.07) is 16.1. The second kappa shape index (κ2) is 8.97. The number of alkyl halides is 3. The molecule has 0 aliphatic carbocycles. The Balaban J connectivity index is 1.56. The monoisotopic (exact) mass is 405 g/mol. The number of rotatable bonds is 7. The molecule has 2 aromatic carbocycles. The third-order valence-corrected chi connectivity index (χ3v) is 4.99. The summed E-state index contributed by atoms with van der Waals surface area (Å²) in [5.74, 6) is -1.26. The maximum absolute atomic E-state index is 12.5. The van der Waals surface area contributed by atoms with E-state index in [2.05, 4.69) is 10.4 Å². The number of para-hydroxylation sites is 2. The van der Waals surface area contributed by atoms with Crippen molar-refractivity contribution in [3.63, 3.8) is 0 Å². The van der Waals surface area contributed by atoms with E-state index < -0.39 is 11.9 Å². The second-order valence-electron chi connectivity index (χ2n) is 6.08. The molecule has 0 atom stereocenters. The van der Waals surface area contributed by atoms with Crippen molar-refractivity contribution >= 4 is 23.4 Å². The van der Waals surface area contributed by atoms with Gasteiger partial charge in [0, 0.05) is 17.5 Å². The average molecular weight is 405 g/mol. The third-order valence-electron chi connectivity index (χ3n) is 3.85. The predicted octanol–water partition coefficient (Wildman–Crippen LogP) is 5.10. The van der Waals surface area contributed by atoms with Crippen molar-refractivity contribution in [2.75, 3.05) is 11.1 Å². The van der Waals surface area contributed by atoms with Crippen molar-refractivity contribution in [3.05, 3.63) is 72.6 Å². The van der Waals surface area contributed by atoms with Gasteiger partial charge in [-0.15, -0.1) is 11.8 Å². The maximum atomic E-state index is 12.5. The molecule has 0 saturated carbocycles. The minimum Gasteiger partial charge on any atom is -0.325 e. The standard InChI is InChI=1S/C20H18F3N3OS/c21-20(22,23)14-28-18-9-5-4-8-17(18)25-19(27)11-10-15-12-24-26(13-15)16-6-2-1-3-7-16/h1-9,12-13H,10-11,14H2,(H,25,27). The number of carbonyl (C=O) groups is 1. The van der Waals surface area contributed by atoms with E-state index in [1.54, 1.807) is 35.1 Å². The average Bonchev–Trinajstić information content (AvgIpc) is 3.15. The van der Waals surface area contributed by atoms with Gasteiger partial charge in [-0.3, -0.25) is 4.79 Å². The van der Waals surface area contributed by atoms with E-state index in [4.69, 9.17) is 0 Å². The van der Waals surface area contributed by atoms with E-state index in [-0.39, 0.29) is 12.3 Å². The Labute approximate surface area is 164 Å². The minimum atomic E-state index is -4.26. The summed E-state index contributed by atoms with van der Waals surface area (Å²) in [5, 5.41) is 6.99. The van der Waals surface area contributed by atoms with Crippen LogP contribution in [0.5, 0.6) is 0 Å². The Morgan fingerprint density at radius 2 is 1.79 bits per heavy atom. The van der Waals surface area contributed by atoms with Gasteiger partial charge in [-0.2, -0.15) is 18.3 Å². The Bertz CT molecular complexity index is 926. The van der Waals surface area contributed by atoms with Gasteiger partial charge in [-0.25, -0.2) is 4.68 Å². The first-order valence-electron chi connectivity index (χ1n) is 8.58. The quantitative estimate of drug-likeness (QED) is 0.557.